The van der Waals surface area contributed by atoms with E-state index in [9.17, 15) is 0 Å². The molecular formula is C14H10FN2O4P. The van der Waals surface area contributed by atoms with Crippen LogP contribution in [0.15, 0.2) is 71.0 Å². The van der Waals surface area contributed by atoms with Crippen LogP contribution in [-0.4, -0.2) is 11.8 Å². The maximum absolute atomic E-state index is 15.1. The predicted octanol–water partition coefficient (Wildman–Crippen LogP) is 3.90. The first-order valence-corrected chi connectivity index (χ1v) is 8.24. The van der Waals surface area contributed by atoms with Gasteiger partial charge in [0.05, 0.1) is 0 Å². The van der Waals surface area contributed by atoms with Crippen molar-refractivity contribution in [2.75, 3.05) is 0 Å². The van der Waals surface area contributed by atoms with Gasteiger partial charge >= 0.3 is 124 Å². The van der Waals surface area contributed by atoms with E-state index in [0.717, 1.165) is 0 Å². The third-order valence-electron chi connectivity index (χ3n) is 3.02. The molecule has 0 saturated carbocycles. The second-order valence-corrected chi connectivity index (χ2v) is 6.73. The van der Waals surface area contributed by atoms with Crippen LogP contribution in [0.2, 0.25) is 0 Å². The molecule has 2 aromatic carbocycles. The summed E-state index contributed by atoms with van der Waals surface area (Å²) in [5, 5.41) is 7.19. The van der Waals surface area contributed by atoms with Crippen LogP contribution < -0.4 is 0 Å². The normalized spacial score (nSPS) is 22.1. The first-order valence-electron chi connectivity index (χ1n) is 6.44. The van der Waals surface area contributed by atoms with Gasteiger partial charge < -0.3 is 0 Å². The first-order chi connectivity index (χ1) is 10.6. The fourth-order valence-electron chi connectivity index (χ4n) is 1.99. The van der Waals surface area contributed by atoms with Crippen molar-refractivity contribution in [3.8, 4) is 0 Å². The molecule has 8 heteroatoms. The van der Waals surface area contributed by atoms with E-state index in [4.69, 9.17) is 18.3 Å². The van der Waals surface area contributed by atoms with Gasteiger partial charge in [-0.3, -0.25) is 0 Å². The van der Waals surface area contributed by atoms with Crippen molar-refractivity contribution >= 4 is 19.6 Å². The van der Waals surface area contributed by atoms with E-state index in [-0.39, 0.29) is 11.8 Å². The molecule has 2 heterocycles. The van der Waals surface area contributed by atoms with Crippen molar-refractivity contribution in [1.29, 1.82) is 0 Å². The summed E-state index contributed by atoms with van der Waals surface area (Å²) in [6.45, 7) is 0. The van der Waals surface area contributed by atoms with Crippen LogP contribution >= 0.6 is 7.82 Å². The van der Waals surface area contributed by atoms with Gasteiger partial charge in [-0.2, -0.15) is 0 Å². The Kier molecular flexibility index (Phi) is 2.62. The Morgan fingerprint density at radius 3 is 1.50 bits per heavy atom. The van der Waals surface area contributed by atoms with Crippen molar-refractivity contribution in [1.82, 2.24) is 0 Å². The van der Waals surface area contributed by atoms with Crippen molar-refractivity contribution in [2.24, 2.45) is 10.3 Å². The van der Waals surface area contributed by atoms with Crippen LogP contribution in [0.3, 0.4) is 0 Å². The van der Waals surface area contributed by atoms with Crippen molar-refractivity contribution in [3.05, 3.63) is 71.8 Å². The summed E-state index contributed by atoms with van der Waals surface area (Å²) in [6, 6.07) is 17.5. The zero-order valence-electron chi connectivity index (χ0n) is 11.1. The molecule has 2 aliphatic heterocycles. The molecule has 6 nitrogen and oxygen atoms in total. The monoisotopic (exact) mass is 320 g/mol. The van der Waals surface area contributed by atoms with Gasteiger partial charge in [-0.15, -0.1) is 0 Å². The Morgan fingerprint density at radius 2 is 1.09 bits per heavy atom. The number of hydrogen-bond acceptors (Lipinski definition) is 6. The number of rotatable bonds is 2. The minimum atomic E-state index is -5.35. The Morgan fingerprint density at radius 1 is 0.682 bits per heavy atom. The summed E-state index contributed by atoms with van der Waals surface area (Å²) in [7, 11) is -5.35. The zero-order valence-corrected chi connectivity index (χ0v) is 12.0. The second-order valence-electron chi connectivity index (χ2n) is 4.59. The summed E-state index contributed by atoms with van der Waals surface area (Å²) < 4.78 is 35.0. The molecule has 0 atom stereocenters. The average Bonchev–Trinajstić information content (AvgIpc) is 3.11. The van der Waals surface area contributed by atoms with Crippen LogP contribution in [-0.2, 0) is 18.3 Å². The molecule has 4 rings (SSSR count). The number of oxime groups is 2. The molecule has 0 radical (unpaired) electrons. The van der Waals surface area contributed by atoms with Crippen LogP contribution in [0.1, 0.15) is 11.1 Å². The molecule has 0 N–H and O–H groups in total. The van der Waals surface area contributed by atoms with E-state index in [0.29, 0.717) is 11.1 Å². The van der Waals surface area contributed by atoms with Crippen molar-refractivity contribution in [2.45, 2.75) is 0 Å². The maximum atomic E-state index is 15.1. The second kappa shape index (κ2) is 4.42. The van der Waals surface area contributed by atoms with E-state index < -0.39 is 7.82 Å². The average molecular weight is 320 g/mol. The Balaban J connectivity index is 1.58. The Labute approximate surface area is 125 Å². The van der Waals surface area contributed by atoms with Crippen molar-refractivity contribution in [3.63, 3.8) is 0 Å². The number of halogens is 1. The fourth-order valence-corrected chi connectivity index (χ4v) is 3.43. The van der Waals surface area contributed by atoms with E-state index in [2.05, 4.69) is 10.3 Å². The molecule has 0 fully saturated rings. The van der Waals surface area contributed by atoms with Gasteiger partial charge in [0.2, 0.25) is 0 Å². The van der Waals surface area contributed by atoms with Crippen LogP contribution in [0.25, 0.3) is 0 Å². The quantitative estimate of drug-likeness (QED) is 0.787. The first kappa shape index (κ1) is 13.0. The predicted molar refractivity (Wildman–Crippen MR) is 78.3 cm³/mol. The number of nitrogens with zero attached hydrogens (tertiary/aromatic N) is 2. The standard InChI is InChI=1S/C14H10FN2O4P/c15-22(18-13(16-20-22)11-7-3-1-4-8-11)19-14(17-21-22)12-9-5-2-6-10-12/h1-10H. The van der Waals surface area contributed by atoms with Gasteiger partial charge in [-0.1, -0.05) is 0 Å². The van der Waals surface area contributed by atoms with Crippen LogP contribution in [0.4, 0.5) is 4.20 Å². The third-order valence-corrected chi connectivity index (χ3v) is 4.63. The van der Waals surface area contributed by atoms with Gasteiger partial charge in [0.25, 0.3) is 0 Å². The molecular weight excluding hydrogens is 310 g/mol. The van der Waals surface area contributed by atoms with Gasteiger partial charge in [-0.25, -0.2) is 0 Å². The van der Waals surface area contributed by atoms with Crippen LogP contribution in [0, 0.1) is 0 Å². The molecule has 22 heavy (non-hydrogen) atoms. The van der Waals surface area contributed by atoms with Gasteiger partial charge in [0, 0.05) is 0 Å². The summed E-state index contributed by atoms with van der Waals surface area (Å²) in [4.78, 5) is 0. The minimum absolute atomic E-state index is 0.0507. The molecule has 0 bridgehead atoms. The van der Waals surface area contributed by atoms with E-state index in [1.54, 1.807) is 48.5 Å². The van der Waals surface area contributed by atoms with E-state index in [1.807, 2.05) is 12.1 Å². The Bertz CT molecular complexity index is 716. The van der Waals surface area contributed by atoms with Gasteiger partial charge in [0.15, 0.2) is 0 Å². The van der Waals surface area contributed by atoms with Crippen molar-refractivity contribution < 1.29 is 22.5 Å². The molecule has 0 saturated heterocycles. The molecule has 2 aromatic rings. The zero-order chi connectivity index (χ0) is 15.1. The third kappa shape index (κ3) is 2.07. The molecule has 0 aromatic heterocycles. The SMILES string of the molecule is FP12(ON=C(c3ccccc3)O1)ON=C(c1ccccc1)O2. The van der Waals surface area contributed by atoms with Gasteiger partial charge in [0.1, 0.15) is 0 Å². The molecule has 112 valence electrons. The Hall–Kier alpha value is -2.66. The fraction of sp³-hybridized carbons (Fsp3) is 0. The molecule has 1 spiro atoms. The van der Waals surface area contributed by atoms with E-state index >= 15 is 4.20 Å². The summed E-state index contributed by atoms with van der Waals surface area (Å²) in [5.74, 6) is -0.101. The van der Waals surface area contributed by atoms with Crippen LogP contribution in [0.5, 0.6) is 0 Å². The summed E-state index contributed by atoms with van der Waals surface area (Å²) in [5.41, 5.74) is 1.09. The summed E-state index contributed by atoms with van der Waals surface area (Å²) in [6.07, 6.45) is 0. The van der Waals surface area contributed by atoms with E-state index in [1.165, 1.54) is 0 Å². The molecule has 0 unspecified atom stereocenters. The number of hydrogen-bond donors (Lipinski definition) is 0. The molecule has 0 aliphatic carbocycles. The summed E-state index contributed by atoms with van der Waals surface area (Å²) >= 11 is 0. The number of benzene rings is 2. The molecule has 2 aliphatic rings. The van der Waals surface area contributed by atoms with Gasteiger partial charge in [-0.05, 0) is 0 Å². The topological polar surface area (TPSA) is 61.6 Å². The molecule has 0 amide bonds.